The average molecular weight is 349 g/mol. The smallest absolute Gasteiger partial charge is 0.320 e. The van der Waals surface area contributed by atoms with Crippen molar-refractivity contribution in [2.45, 2.75) is 26.3 Å². The van der Waals surface area contributed by atoms with Crippen LogP contribution < -0.4 is 5.32 Å². The number of rotatable bonds is 4. The Morgan fingerprint density at radius 2 is 1.74 bits per heavy atom. The van der Waals surface area contributed by atoms with Gasteiger partial charge in [-0.25, -0.2) is 4.79 Å². The van der Waals surface area contributed by atoms with Crippen LogP contribution in [-0.2, 0) is 9.53 Å². The Balaban J connectivity index is 0.00000264. The Labute approximate surface area is 144 Å². The largest absolute Gasteiger partial charge is 0.378 e. The number of hydrogen-bond acceptors (Lipinski definition) is 4. The average Bonchev–Trinajstić information content (AvgIpc) is 2.57. The maximum Gasteiger partial charge on any atom is 0.320 e. The van der Waals surface area contributed by atoms with Crippen LogP contribution >= 0.6 is 12.4 Å². The van der Waals surface area contributed by atoms with Crippen molar-refractivity contribution in [3.8, 4) is 0 Å². The number of urea groups is 1. The fraction of sp³-hybridized carbons (Fsp3) is 0.867. The summed E-state index contributed by atoms with van der Waals surface area (Å²) < 4.78 is 5.38. The van der Waals surface area contributed by atoms with Gasteiger partial charge in [-0.05, 0) is 13.8 Å². The van der Waals surface area contributed by atoms with Crippen molar-refractivity contribution < 1.29 is 14.3 Å². The summed E-state index contributed by atoms with van der Waals surface area (Å²) in [4.78, 5) is 30.1. The van der Waals surface area contributed by atoms with Crippen LogP contribution in [0, 0.1) is 0 Å². The van der Waals surface area contributed by atoms with Crippen LogP contribution in [0.1, 0.15) is 20.3 Å². The van der Waals surface area contributed by atoms with Gasteiger partial charge >= 0.3 is 6.03 Å². The third kappa shape index (κ3) is 5.51. The zero-order valence-corrected chi connectivity index (χ0v) is 14.9. The van der Waals surface area contributed by atoms with Gasteiger partial charge in [0.2, 0.25) is 5.91 Å². The van der Waals surface area contributed by atoms with Crippen LogP contribution in [0.4, 0.5) is 4.79 Å². The first kappa shape index (κ1) is 20.0. The zero-order chi connectivity index (χ0) is 15.9. The van der Waals surface area contributed by atoms with Gasteiger partial charge in [-0.15, -0.1) is 12.4 Å². The highest BCUT2D eigenvalue weighted by Gasteiger charge is 2.27. The zero-order valence-electron chi connectivity index (χ0n) is 14.1. The van der Waals surface area contributed by atoms with Gasteiger partial charge in [0.15, 0.2) is 0 Å². The normalized spacial score (nSPS) is 21.6. The van der Waals surface area contributed by atoms with Gasteiger partial charge in [0, 0.05) is 58.3 Å². The van der Waals surface area contributed by atoms with Crippen LogP contribution in [0.25, 0.3) is 0 Å². The number of nitrogens with one attached hydrogen (secondary N) is 1. The first-order valence-corrected chi connectivity index (χ1v) is 8.28. The summed E-state index contributed by atoms with van der Waals surface area (Å²) in [6.45, 7) is 10.0. The molecule has 0 aromatic carbocycles. The van der Waals surface area contributed by atoms with Crippen LogP contribution in [-0.4, -0.2) is 91.7 Å². The number of piperazine rings is 1. The van der Waals surface area contributed by atoms with Crippen LogP contribution in [0.3, 0.4) is 0 Å². The summed E-state index contributed by atoms with van der Waals surface area (Å²) in [5, 5.41) is 3.30. The molecule has 2 aliphatic heterocycles. The predicted octanol–water partition coefficient (Wildman–Crippen LogP) is 0.393. The van der Waals surface area contributed by atoms with E-state index in [9.17, 15) is 9.59 Å². The standard InChI is InChI=1S/C15H28N4O3.ClH/c1-3-17(4-2)15(21)19-8-6-18(7-9-19)14(20)11-13-12-22-10-5-16-13;/h13,16H,3-12H2,1-2H3;1H. The molecule has 0 aliphatic carbocycles. The molecule has 0 aromatic heterocycles. The summed E-state index contributed by atoms with van der Waals surface area (Å²) in [5.74, 6) is 0.151. The second kappa shape index (κ2) is 9.95. The van der Waals surface area contributed by atoms with E-state index in [1.807, 2.05) is 28.5 Å². The monoisotopic (exact) mass is 348 g/mol. The highest BCUT2D eigenvalue weighted by atomic mass is 35.5. The van der Waals surface area contributed by atoms with Crippen molar-refractivity contribution in [2.75, 3.05) is 59.0 Å². The Bertz CT molecular complexity index is 379. The van der Waals surface area contributed by atoms with E-state index in [1.54, 1.807) is 0 Å². The van der Waals surface area contributed by atoms with Crippen molar-refractivity contribution in [2.24, 2.45) is 0 Å². The highest BCUT2D eigenvalue weighted by molar-refractivity contribution is 5.85. The van der Waals surface area contributed by atoms with Crippen LogP contribution in [0.2, 0.25) is 0 Å². The van der Waals surface area contributed by atoms with E-state index in [0.29, 0.717) is 39.2 Å². The Kier molecular flexibility index (Phi) is 8.65. The van der Waals surface area contributed by atoms with Crippen LogP contribution in [0.5, 0.6) is 0 Å². The van der Waals surface area contributed by atoms with E-state index >= 15 is 0 Å². The molecule has 2 rings (SSSR count). The SMILES string of the molecule is CCN(CC)C(=O)N1CCN(C(=O)CC2COCCN2)CC1.Cl. The van der Waals surface area contributed by atoms with Crippen molar-refractivity contribution in [1.29, 1.82) is 0 Å². The lowest BCUT2D eigenvalue weighted by Gasteiger charge is -2.37. The number of hydrogen-bond donors (Lipinski definition) is 1. The van der Waals surface area contributed by atoms with Gasteiger partial charge in [-0.1, -0.05) is 0 Å². The minimum Gasteiger partial charge on any atom is -0.378 e. The minimum absolute atomic E-state index is 0. The van der Waals surface area contributed by atoms with Gasteiger partial charge in [-0.2, -0.15) is 0 Å². The molecular weight excluding hydrogens is 320 g/mol. The first-order chi connectivity index (χ1) is 10.7. The number of carbonyl (C=O) groups excluding carboxylic acids is 2. The van der Waals surface area contributed by atoms with Crippen molar-refractivity contribution >= 4 is 24.3 Å². The van der Waals surface area contributed by atoms with Crippen LogP contribution in [0.15, 0.2) is 0 Å². The summed E-state index contributed by atoms with van der Waals surface area (Å²) >= 11 is 0. The van der Waals surface area contributed by atoms with E-state index in [2.05, 4.69) is 5.32 Å². The highest BCUT2D eigenvalue weighted by Crippen LogP contribution is 2.09. The molecule has 7 nitrogen and oxygen atoms in total. The topological polar surface area (TPSA) is 65.1 Å². The fourth-order valence-electron chi connectivity index (χ4n) is 2.93. The van der Waals surface area contributed by atoms with Crippen molar-refractivity contribution in [1.82, 2.24) is 20.0 Å². The summed E-state index contributed by atoms with van der Waals surface area (Å²) in [6.07, 6.45) is 0.476. The van der Waals surface area contributed by atoms with E-state index in [1.165, 1.54) is 0 Å². The molecule has 0 radical (unpaired) electrons. The molecule has 8 heteroatoms. The Hall–Kier alpha value is -1.05. The quantitative estimate of drug-likeness (QED) is 0.798. The summed E-state index contributed by atoms with van der Waals surface area (Å²) in [6, 6.07) is 0.205. The van der Waals surface area contributed by atoms with E-state index in [-0.39, 0.29) is 30.4 Å². The molecule has 0 bridgehead atoms. The van der Waals surface area contributed by atoms with Crippen molar-refractivity contribution in [3.63, 3.8) is 0 Å². The molecular formula is C15H29ClN4O3. The number of nitrogens with zero attached hydrogens (tertiary/aromatic N) is 3. The second-order valence-corrected chi connectivity index (χ2v) is 5.75. The number of amides is 3. The first-order valence-electron chi connectivity index (χ1n) is 8.28. The predicted molar refractivity (Wildman–Crippen MR) is 90.9 cm³/mol. The molecule has 0 saturated carbocycles. The molecule has 2 heterocycles. The molecule has 2 aliphatic rings. The lowest BCUT2D eigenvalue weighted by Crippen LogP contribution is -2.55. The summed E-state index contributed by atoms with van der Waals surface area (Å²) in [5.41, 5.74) is 0. The minimum atomic E-state index is 0. The van der Waals surface area contributed by atoms with E-state index in [4.69, 9.17) is 4.74 Å². The maximum atomic E-state index is 12.3. The third-order valence-electron chi connectivity index (χ3n) is 4.36. The Morgan fingerprint density at radius 1 is 1.13 bits per heavy atom. The fourth-order valence-corrected chi connectivity index (χ4v) is 2.93. The van der Waals surface area contributed by atoms with Crippen molar-refractivity contribution in [3.05, 3.63) is 0 Å². The number of halogens is 1. The number of morpholine rings is 1. The van der Waals surface area contributed by atoms with Gasteiger partial charge < -0.3 is 24.8 Å². The lowest BCUT2D eigenvalue weighted by molar-refractivity contribution is -0.133. The molecule has 2 fully saturated rings. The van der Waals surface area contributed by atoms with E-state index in [0.717, 1.165) is 26.2 Å². The Morgan fingerprint density at radius 3 is 2.26 bits per heavy atom. The molecule has 134 valence electrons. The van der Waals surface area contributed by atoms with Gasteiger partial charge in [-0.3, -0.25) is 4.79 Å². The molecule has 1 unspecified atom stereocenters. The molecule has 3 amide bonds. The molecule has 1 atom stereocenters. The molecule has 1 N–H and O–H groups in total. The molecule has 0 spiro atoms. The summed E-state index contributed by atoms with van der Waals surface area (Å²) in [7, 11) is 0. The van der Waals surface area contributed by atoms with Gasteiger partial charge in [0.25, 0.3) is 0 Å². The van der Waals surface area contributed by atoms with Gasteiger partial charge in [0.05, 0.1) is 13.2 Å². The second-order valence-electron chi connectivity index (χ2n) is 5.75. The number of ether oxygens (including phenoxy) is 1. The molecule has 2 saturated heterocycles. The van der Waals surface area contributed by atoms with Gasteiger partial charge in [0.1, 0.15) is 0 Å². The third-order valence-corrected chi connectivity index (χ3v) is 4.36. The molecule has 23 heavy (non-hydrogen) atoms. The molecule has 0 aromatic rings. The number of carbonyl (C=O) groups is 2. The maximum absolute atomic E-state index is 12.3. The van der Waals surface area contributed by atoms with E-state index < -0.39 is 0 Å². The lowest BCUT2D eigenvalue weighted by atomic mass is 10.1.